The van der Waals surface area contributed by atoms with Crippen molar-refractivity contribution in [3.05, 3.63) is 23.2 Å². The van der Waals surface area contributed by atoms with Gasteiger partial charge in [0.1, 0.15) is 17.2 Å². The molecule has 2 heterocycles. The molecule has 1 aliphatic rings. The minimum atomic E-state index is 0.103. The Labute approximate surface area is 119 Å². The second-order valence-corrected chi connectivity index (χ2v) is 5.97. The normalized spacial score (nSPS) is 18.7. The molecule has 0 aliphatic heterocycles. The van der Waals surface area contributed by atoms with E-state index in [4.69, 9.17) is 0 Å². The van der Waals surface area contributed by atoms with Crippen molar-refractivity contribution >= 4 is 32.9 Å². The minimum Gasteiger partial charge on any atom is -0.340 e. The molecule has 1 aliphatic carbocycles. The van der Waals surface area contributed by atoms with Gasteiger partial charge in [-0.3, -0.25) is 0 Å². The maximum absolute atomic E-state index is 4.05. The number of hydrogen-bond donors (Lipinski definition) is 2. The van der Waals surface area contributed by atoms with Crippen LogP contribution in [0.2, 0.25) is 0 Å². The summed E-state index contributed by atoms with van der Waals surface area (Å²) in [4.78, 5) is 0. The molecule has 19 heavy (non-hydrogen) atoms. The molecule has 2 aromatic rings. The Morgan fingerprint density at radius 2 is 1.74 bits per heavy atom. The number of nitrogens with one attached hydrogen (secondary N) is 2. The molecule has 0 saturated carbocycles. The zero-order valence-corrected chi connectivity index (χ0v) is 11.8. The first-order valence-electron chi connectivity index (χ1n) is 6.12. The Bertz CT molecular complexity index is 473. The van der Waals surface area contributed by atoms with Gasteiger partial charge in [-0.1, -0.05) is 34.8 Å². The predicted molar refractivity (Wildman–Crippen MR) is 77.3 cm³/mol. The minimum absolute atomic E-state index is 0.103. The summed E-state index contributed by atoms with van der Waals surface area (Å²) in [6, 6.07) is 0. The third-order valence-electron chi connectivity index (χ3n) is 3.06. The van der Waals surface area contributed by atoms with E-state index in [0.29, 0.717) is 5.92 Å². The Morgan fingerprint density at radius 1 is 1.05 bits per heavy atom. The molecule has 3 rings (SSSR count). The Kier molecular flexibility index (Phi) is 3.99. The van der Waals surface area contributed by atoms with Gasteiger partial charge in [0.05, 0.1) is 0 Å². The molecule has 8 heteroatoms. The summed E-state index contributed by atoms with van der Waals surface area (Å²) in [5, 5.41) is 24.3. The molecule has 0 bridgehead atoms. The standard InChI is InChI=1S/C11H14N6S2/c1-2-4-8(5-3-1)9(14-10-16-12-6-18-10)15-11-17-13-7-19-11/h1-2,6-9H,3-5H2,(H,14,16)(H,15,17)/t8-/m1/s1. The lowest BCUT2D eigenvalue weighted by Gasteiger charge is -2.29. The van der Waals surface area contributed by atoms with Crippen molar-refractivity contribution in [2.24, 2.45) is 5.92 Å². The largest absolute Gasteiger partial charge is 0.340 e. The predicted octanol–water partition coefficient (Wildman–Crippen LogP) is 2.60. The number of allylic oxidation sites excluding steroid dienone is 2. The lowest BCUT2D eigenvalue weighted by atomic mass is 9.91. The number of rotatable bonds is 5. The summed E-state index contributed by atoms with van der Waals surface area (Å²) in [6.45, 7) is 0. The number of hydrogen-bond acceptors (Lipinski definition) is 8. The highest BCUT2D eigenvalue weighted by atomic mass is 32.1. The number of anilines is 2. The third kappa shape index (κ3) is 3.27. The summed E-state index contributed by atoms with van der Waals surface area (Å²) in [5.41, 5.74) is 3.45. The summed E-state index contributed by atoms with van der Waals surface area (Å²) in [6.07, 6.45) is 7.91. The zero-order valence-electron chi connectivity index (χ0n) is 10.2. The SMILES string of the molecule is C1=CC[C@@H](C(Nc2nncs2)Nc2nncs2)CC1. The van der Waals surface area contributed by atoms with Crippen LogP contribution < -0.4 is 10.6 Å². The van der Waals surface area contributed by atoms with Crippen molar-refractivity contribution in [1.29, 1.82) is 0 Å². The first kappa shape index (κ1) is 12.5. The Balaban J connectivity index is 1.72. The van der Waals surface area contributed by atoms with Crippen molar-refractivity contribution in [1.82, 2.24) is 20.4 Å². The fourth-order valence-electron chi connectivity index (χ4n) is 2.13. The van der Waals surface area contributed by atoms with E-state index >= 15 is 0 Å². The zero-order chi connectivity index (χ0) is 12.9. The van der Waals surface area contributed by atoms with E-state index in [1.165, 1.54) is 22.7 Å². The Hall–Kier alpha value is -1.54. The molecule has 100 valence electrons. The first-order valence-corrected chi connectivity index (χ1v) is 7.88. The van der Waals surface area contributed by atoms with E-state index in [1.54, 1.807) is 11.0 Å². The van der Waals surface area contributed by atoms with E-state index in [0.717, 1.165) is 29.5 Å². The molecule has 0 amide bonds. The van der Waals surface area contributed by atoms with Crippen molar-refractivity contribution in [2.75, 3.05) is 10.6 Å². The highest BCUT2D eigenvalue weighted by Crippen LogP contribution is 2.26. The lowest BCUT2D eigenvalue weighted by molar-refractivity contribution is 0.434. The van der Waals surface area contributed by atoms with Crippen LogP contribution in [0.15, 0.2) is 23.2 Å². The molecule has 2 N–H and O–H groups in total. The van der Waals surface area contributed by atoms with Gasteiger partial charge in [-0.05, 0) is 19.3 Å². The van der Waals surface area contributed by atoms with Crippen LogP contribution in [0.3, 0.4) is 0 Å². The van der Waals surface area contributed by atoms with Crippen molar-refractivity contribution < 1.29 is 0 Å². The first-order chi connectivity index (χ1) is 9.42. The van der Waals surface area contributed by atoms with E-state index in [1.807, 2.05) is 0 Å². The second kappa shape index (κ2) is 6.07. The summed E-state index contributed by atoms with van der Waals surface area (Å²) >= 11 is 3.01. The molecular formula is C11H14N6S2. The van der Waals surface area contributed by atoms with Crippen LogP contribution in [-0.2, 0) is 0 Å². The fraction of sp³-hybridized carbons (Fsp3) is 0.455. The number of aromatic nitrogens is 4. The van der Waals surface area contributed by atoms with Gasteiger partial charge in [0.15, 0.2) is 0 Å². The monoisotopic (exact) mass is 294 g/mol. The average molecular weight is 294 g/mol. The van der Waals surface area contributed by atoms with Crippen LogP contribution in [0.25, 0.3) is 0 Å². The van der Waals surface area contributed by atoms with Crippen molar-refractivity contribution in [3.8, 4) is 0 Å². The average Bonchev–Trinajstić information content (AvgIpc) is 3.12. The lowest BCUT2D eigenvalue weighted by Crippen LogP contribution is -2.37. The van der Waals surface area contributed by atoms with Crippen LogP contribution in [0, 0.1) is 5.92 Å². The molecule has 0 radical (unpaired) electrons. The van der Waals surface area contributed by atoms with Crippen molar-refractivity contribution in [3.63, 3.8) is 0 Å². The molecule has 6 nitrogen and oxygen atoms in total. The van der Waals surface area contributed by atoms with E-state index in [2.05, 4.69) is 43.2 Å². The quantitative estimate of drug-likeness (QED) is 0.652. The van der Waals surface area contributed by atoms with Gasteiger partial charge in [0.2, 0.25) is 10.3 Å². The maximum atomic E-state index is 4.05. The van der Waals surface area contributed by atoms with E-state index in [-0.39, 0.29) is 6.17 Å². The fourth-order valence-corrected chi connectivity index (χ4v) is 3.10. The van der Waals surface area contributed by atoms with Gasteiger partial charge >= 0.3 is 0 Å². The summed E-state index contributed by atoms with van der Waals surface area (Å²) < 4.78 is 0. The van der Waals surface area contributed by atoms with Crippen LogP contribution in [0.5, 0.6) is 0 Å². The van der Waals surface area contributed by atoms with Crippen LogP contribution in [0.1, 0.15) is 19.3 Å². The van der Waals surface area contributed by atoms with Gasteiger partial charge < -0.3 is 10.6 Å². The van der Waals surface area contributed by atoms with Crippen molar-refractivity contribution in [2.45, 2.75) is 25.4 Å². The van der Waals surface area contributed by atoms with Gasteiger partial charge in [-0.2, -0.15) is 0 Å². The third-order valence-corrected chi connectivity index (χ3v) is 4.30. The smallest absolute Gasteiger partial charge is 0.207 e. The molecule has 2 aromatic heterocycles. The maximum Gasteiger partial charge on any atom is 0.207 e. The molecule has 0 saturated heterocycles. The van der Waals surface area contributed by atoms with Gasteiger partial charge in [-0.25, -0.2) is 0 Å². The van der Waals surface area contributed by atoms with Crippen LogP contribution in [0.4, 0.5) is 10.3 Å². The van der Waals surface area contributed by atoms with Gasteiger partial charge in [0.25, 0.3) is 0 Å². The summed E-state index contributed by atoms with van der Waals surface area (Å²) in [5.74, 6) is 0.512. The highest BCUT2D eigenvalue weighted by molar-refractivity contribution is 7.13. The molecule has 0 aromatic carbocycles. The number of nitrogens with zero attached hydrogens (tertiary/aromatic N) is 4. The van der Waals surface area contributed by atoms with E-state index in [9.17, 15) is 0 Å². The van der Waals surface area contributed by atoms with Crippen LogP contribution in [-0.4, -0.2) is 26.6 Å². The molecule has 1 atom stereocenters. The topological polar surface area (TPSA) is 75.6 Å². The van der Waals surface area contributed by atoms with Gasteiger partial charge in [-0.15, -0.1) is 20.4 Å². The molecule has 0 spiro atoms. The second-order valence-electron chi connectivity index (χ2n) is 4.30. The summed E-state index contributed by atoms with van der Waals surface area (Å²) in [7, 11) is 0. The Morgan fingerprint density at radius 3 is 2.21 bits per heavy atom. The highest BCUT2D eigenvalue weighted by Gasteiger charge is 2.23. The van der Waals surface area contributed by atoms with Crippen LogP contribution >= 0.6 is 22.7 Å². The van der Waals surface area contributed by atoms with Gasteiger partial charge in [0, 0.05) is 5.92 Å². The molecule has 0 unspecified atom stereocenters. The van der Waals surface area contributed by atoms with E-state index < -0.39 is 0 Å². The molecular weight excluding hydrogens is 280 g/mol. The molecule has 0 fully saturated rings.